The van der Waals surface area contributed by atoms with Gasteiger partial charge >= 0.3 is 6.03 Å². The molecule has 3 aliphatic heterocycles. The lowest BCUT2D eigenvalue weighted by Gasteiger charge is -2.32. The zero-order chi connectivity index (χ0) is 18.5. The van der Waals surface area contributed by atoms with Crippen molar-refractivity contribution in [3.8, 4) is 0 Å². The van der Waals surface area contributed by atoms with Gasteiger partial charge < -0.3 is 15.1 Å². The number of fused-ring (bicyclic) bond motifs is 3. The first-order valence-corrected chi connectivity index (χ1v) is 10.9. The molecule has 0 radical (unpaired) electrons. The van der Waals surface area contributed by atoms with Crippen LogP contribution >= 0.6 is 0 Å². The van der Waals surface area contributed by atoms with Crippen LogP contribution in [0.4, 0.5) is 10.7 Å². The highest BCUT2D eigenvalue weighted by Crippen LogP contribution is 2.39. The summed E-state index contributed by atoms with van der Waals surface area (Å²) in [6, 6.07) is -0.240. The molecule has 3 aliphatic rings. The van der Waals surface area contributed by atoms with Crippen LogP contribution in [0.15, 0.2) is 6.20 Å². The molecule has 3 atom stereocenters. The number of hydrogen-bond donors (Lipinski definition) is 1. The van der Waals surface area contributed by atoms with Crippen molar-refractivity contribution in [2.45, 2.75) is 36.7 Å². The number of rotatable bonds is 1. The second-order valence-corrected chi connectivity index (χ2v) is 9.91. The summed E-state index contributed by atoms with van der Waals surface area (Å²) in [5.74, 6) is 0.977. The average molecular weight is 379 g/mol. The Morgan fingerprint density at radius 3 is 2.85 bits per heavy atom. The number of nitrogens with zero attached hydrogens (tertiary/aromatic N) is 4. The second-order valence-electron chi connectivity index (χ2n) is 7.69. The van der Waals surface area contributed by atoms with Gasteiger partial charge in [0, 0.05) is 50.9 Å². The number of likely N-dealkylation sites (tertiary alicyclic amines) is 1. The Hall–Kier alpha value is -1.90. The molecule has 4 rings (SSSR count). The Bertz CT molecular complexity index is 828. The predicted molar refractivity (Wildman–Crippen MR) is 97.8 cm³/mol. The minimum Gasteiger partial charge on any atom is -0.341 e. The SMILES string of the molecule is CNC(=O)N1C[C@@H]2c3nc(N4CCCC(C)C4)ncc3CS(=O)(=O)[C@@H]2C1. The number of sulfone groups is 1. The van der Waals surface area contributed by atoms with Crippen molar-refractivity contribution in [1.82, 2.24) is 20.2 Å². The van der Waals surface area contributed by atoms with Crippen molar-refractivity contribution >= 4 is 21.8 Å². The van der Waals surface area contributed by atoms with Crippen LogP contribution in [0.5, 0.6) is 0 Å². The molecule has 8 nitrogen and oxygen atoms in total. The number of carbonyl (C=O) groups is 1. The van der Waals surface area contributed by atoms with Crippen LogP contribution in [-0.4, -0.2) is 67.8 Å². The van der Waals surface area contributed by atoms with E-state index in [1.165, 1.54) is 6.42 Å². The number of anilines is 1. The minimum atomic E-state index is -3.31. The van der Waals surface area contributed by atoms with Crippen molar-refractivity contribution in [1.29, 1.82) is 0 Å². The van der Waals surface area contributed by atoms with E-state index in [9.17, 15) is 13.2 Å². The fourth-order valence-electron chi connectivity index (χ4n) is 4.41. The number of hydrogen-bond acceptors (Lipinski definition) is 6. The van der Waals surface area contributed by atoms with Gasteiger partial charge in [0.25, 0.3) is 0 Å². The van der Waals surface area contributed by atoms with Crippen molar-refractivity contribution < 1.29 is 13.2 Å². The lowest BCUT2D eigenvalue weighted by Crippen LogP contribution is -2.38. The number of aromatic nitrogens is 2. The van der Waals surface area contributed by atoms with Gasteiger partial charge in [-0.3, -0.25) is 0 Å². The smallest absolute Gasteiger partial charge is 0.317 e. The first-order valence-electron chi connectivity index (χ1n) is 9.18. The van der Waals surface area contributed by atoms with E-state index >= 15 is 0 Å². The van der Waals surface area contributed by atoms with Crippen molar-refractivity contribution in [2.75, 3.05) is 38.1 Å². The van der Waals surface area contributed by atoms with E-state index in [0.717, 1.165) is 25.2 Å². The Kier molecular flexibility index (Phi) is 4.29. The van der Waals surface area contributed by atoms with Gasteiger partial charge in [-0.2, -0.15) is 0 Å². The van der Waals surface area contributed by atoms with Crippen LogP contribution in [0.25, 0.3) is 0 Å². The van der Waals surface area contributed by atoms with Gasteiger partial charge in [0.05, 0.1) is 16.7 Å². The zero-order valence-electron chi connectivity index (χ0n) is 15.2. The number of nitrogens with one attached hydrogen (secondary N) is 1. The quantitative estimate of drug-likeness (QED) is 0.774. The molecule has 0 bridgehead atoms. The van der Waals surface area contributed by atoms with Crippen LogP contribution in [0.2, 0.25) is 0 Å². The normalized spacial score (nSPS) is 29.8. The average Bonchev–Trinajstić information content (AvgIpc) is 3.07. The molecule has 1 aromatic heterocycles. The Balaban J connectivity index is 1.69. The molecule has 0 spiro atoms. The summed E-state index contributed by atoms with van der Waals surface area (Å²) in [4.78, 5) is 25.0. The van der Waals surface area contributed by atoms with Gasteiger partial charge in [0.1, 0.15) is 0 Å². The second kappa shape index (κ2) is 6.37. The fraction of sp³-hybridized carbons (Fsp3) is 0.706. The maximum absolute atomic E-state index is 12.7. The number of piperidine rings is 1. The Labute approximate surface area is 153 Å². The summed E-state index contributed by atoms with van der Waals surface area (Å²) in [6.45, 7) is 4.69. The van der Waals surface area contributed by atoms with Crippen LogP contribution in [0.1, 0.15) is 36.9 Å². The molecule has 1 unspecified atom stereocenters. The van der Waals surface area contributed by atoms with E-state index in [0.29, 0.717) is 24.0 Å². The molecule has 26 heavy (non-hydrogen) atoms. The molecule has 1 aromatic rings. The van der Waals surface area contributed by atoms with E-state index in [1.54, 1.807) is 18.1 Å². The van der Waals surface area contributed by atoms with Gasteiger partial charge in [-0.25, -0.2) is 23.2 Å². The van der Waals surface area contributed by atoms with Crippen molar-refractivity contribution in [3.05, 3.63) is 17.5 Å². The lowest BCUT2D eigenvalue weighted by molar-refractivity contribution is 0.210. The maximum Gasteiger partial charge on any atom is 0.317 e. The van der Waals surface area contributed by atoms with Crippen molar-refractivity contribution in [2.24, 2.45) is 5.92 Å². The van der Waals surface area contributed by atoms with E-state index in [1.807, 2.05) is 0 Å². The molecular formula is C17H25N5O3S. The molecule has 2 fully saturated rings. The Morgan fingerprint density at radius 1 is 1.31 bits per heavy atom. The molecule has 9 heteroatoms. The highest BCUT2D eigenvalue weighted by molar-refractivity contribution is 7.91. The van der Waals surface area contributed by atoms with Crippen LogP contribution < -0.4 is 10.2 Å². The highest BCUT2D eigenvalue weighted by atomic mass is 32.2. The number of carbonyl (C=O) groups excluding carboxylic acids is 1. The molecule has 4 heterocycles. The largest absolute Gasteiger partial charge is 0.341 e. The summed E-state index contributed by atoms with van der Waals surface area (Å²) >= 11 is 0. The first kappa shape index (κ1) is 17.5. The van der Waals surface area contributed by atoms with E-state index < -0.39 is 15.1 Å². The minimum absolute atomic E-state index is 0.0399. The third-order valence-corrected chi connectivity index (χ3v) is 7.88. The monoisotopic (exact) mass is 379 g/mol. The standard InChI is InChI=1S/C17H25N5O3S/c1-11-4-3-5-21(7-11)16-19-6-12-10-26(24,25)14-9-22(17(23)18-2)8-13(14)15(12)20-16/h6,11,13-14H,3-5,7-10H2,1-2H3,(H,18,23)/t11?,13-,14+/m0/s1. The summed E-state index contributed by atoms with van der Waals surface area (Å²) in [7, 11) is -1.75. The molecular weight excluding hydrogens is 354 g/mol. The fourth-order valence-corrected chi connectivity index (χ4v) is 6.41. The Morgan fingerprint density at radius 2 is 2.12 bits per heavy atom. The summed E-state index contributed by atoms with van der Waals surface area (Å²) in [5.41, 5.74) is 1.48. The molecule has 2 saturated heterocycles. The maximum atomic E-state index is 12.7. The molecule has 1 N–H and O–H groups in total. The summed E-state index contributed by atoms with van der Waals surface area (Å²) in [6.07, 6.45) is 4.01. The van der Waals surface area contributed by atoms with Crippen LogP contribution in [-0.2, 0) is 15.6 Å². The lowest BCUT2D eigenvalue weighted by atomic mass is 9.99. The molecule has 0 saturated carbocycles. The van der Waals surface area contributed by atoms with Crippen LogP contribution in [0.3, 0.4) is 0 Å². The zero-order valence-corrected chi connectivity index (χ0v) is 16.0. The summed E-state index contributed by atoms with van der Waals surface area (Å²) in [5, 5.41) is 2.01. The first-order chi connectivity index (χ1) is 12.4. The predicted octanol–water partition coefficient (Wildman–Crippen LogP) is 0.748. The van der Waals surface area contributed by atoms with Gasteiger partial charge in [-0.1, -0.05) is 6.92 Å². The third kappa shape index (κ3) is 2.91. The van der Waals surface area contributed by atoms with E-state index in [-0.39, 0.29) is 24.2 Å². The van der Waals surface area contributed by atoms with Gasteiger partial charge in [-0.15, -0.1) is 0 Å². The van der Waals surface area contributed by atoms with E-state index in [2.05, 4.69) is 22.1 Å². The highest BCUT2D eigenvalue weighted by Gasteiger charge is 2.48. The van der Waals surface area contributed by atoms with Gasteiger partial charge in [-0.05, 0) is 18.8 Å². The van der Waals surface area contributed by atoms with Crippen molar-refractivity contribution in [3.63, 3.8) is 0 Å². The summed E-state index contributed by atoms with van der Waals surface area (Å²) < 4.78 is 25.4. The molecule has 142 valence electrons. The van der Waals surface area contributed by atoms with Gasteiger partial charge in [0.15, 0.2) is 9.84 Å². The van der Waals surface area contributed by atoms with E-state index in [4.69, 9.17) is 4.98 Å². The van der Waals surface area contributed by atoms with Crippen LogP contribution in [0, 0.1) is 5.92 Å². The third-order valence-electron chi connectivity index (χ3n) is 5.76. The number of amides is 2. The molecule has 0 aromatic carbocycles. The van der Waals surface area contributed by atoms with Gasteiger partial charge in [0.2, 0.25) is 5.95 Å². The molecule has 2 amide bonds. The topological polar surface area (TPSA) is 95.5 Å². The molecule has 0 aliphatic carbocycles. The number of urea groups is 1.